The first-order valence-electron chi connectivity index (χ1n) is 12.5. The molecule has 2 aliphatic rings. The van der Waals surface area contributed by atoms with E-state index < -0.39 is 0 Å². The van der Waals surface area contributed by atoms with Gasteiger partial charge in [0.1, 0.15) is 5.82 Å². The fourth-order valence-corrected chi connectivity index (χ4v) is 5.35. The number of aliphatic hydroxyl groups is 1. The molecule has 3 aromatic rings. The average Bonchev–Trinajstić information content (AvgIpc) is 2.88. The monoisotopic (exact) mass is 483 g/mol. The Kier molecular flexibility index (Phi) is 7.31. The molecule has 0 aliphatic carbocycles. The lowest BCUT2D eigenvalue weighted by Crippen LogP contribution is -2.68. The second-order valence-corrected chi connectivity index (χ2v) is 9.41. The molecule has 36 heavy (non-hydrogen) atoms. The molecule has 0 aromatic heterocycles. The topological polar surface area (TPSA) is 55.8 Å². The summed E-state index contributed by atoms with van der Waals surface area (Å²) in [5.41, 5.74) is 3.51. The van der Waals surface area contributed by atoms with Gasteiger partial charge in [0.2, 0.25) is 0 Å². The number of nitrogens with one attached hydrogen (secondary N) is 1. The van der Waals surface area contributed by atoms with Crippen molar-refractivity contribution in [3.63, 3.8) is 0 Å². The molecule has 2 heterocycles. The Morgan fingerprint density at radius 3 is 2.39 bits per heavy atom. The van der Waals surface area contributed by atoms with Crippen LogP contribution in [0.1, 0.15) is 35.4 Å². The molecule has 2 saturated heterocycles. The molecule has 0 unspecified atom stereocenters. The zero-order valence-electron chi connectivity index (χ0n) is 20.1. The van der Waals surface area contributed by atoms with Gasteiger partial charge in [0.05, 0.1) is 6.61 Å². The predicted octanol–water partition coefficient (Wildman–Crippen LogP) is 4.68. The molecule has 0 bridgehead atoms. The zero-order valence-corrected chi connectivity index (χ0v) is 20.1. The number of aliphatic hydroxyl groups excluding tert-OH is 1. The number of urea groups is 1. The van der Waals surface area contributed by atoms with Crippen LogP contribution in [0.3, 0.4) is 0 Å². The SMILES string of the molecule is O=C(Nc1cccc(F)c1)N1CCCCN2[C@H](C1)[C@@H](c1ccc(C#Cc3ccccc3)cc1)[C@@H]2CO. The summed E-state index contributed by atoms with van der Waals surface area (Å²) in [5.74, 6) is 6.14. The number of nitrogens with zero attached hydrogens (tertiary/aromatic N) is 2. The van der Waals surface area contributed by atoms with Crippen molar-refractivity contribution >= 4 is 11.7 Å². The molecule has 0 radical (unpaired) electrons. The van der Waals surface area contributed by atoms with Crippen molar-refractivity contribution in [1.82, 2.24) is 9.80 Å². The number of halogens is 1. The van der Waals surface area contributed by atoms with Crippen molar-refractivity contribution in [3.05, 3.63) is 101 Å². The second-order valence-electron chi connectivity index (χ2n) is 9.41. The number of carbonyl (C=O) groups is 1. The Morgan fingerprint density at radius 2 is 1.67 bits per heavy atom. The maximum atomic E-state index is 13.6. The van der Waals surface area contributed by atoms with E-state index in [1.165, 1.54) is 12.1 Å². The summed E-state index contributed by atoms with van der Waals surface area (Å²) in [6.07, 6.45) is 1.84. The Balaban J connectivity index is 1.32. The number of benzene rings is 3. The van der Waals surface area contributed by atoms with Gasteiger partial charge >= 0.3 is 6.03 Å². The van der Waals surface area contributed by atoms with Crippen LogP contribution in [0.5, 0.6) is 0 Å². The van der Waals surface area contributed by atoms with Crippen LogP contribution in [-0.2, 0) is 0 Å². The normalized spacial score (nSPS) is 21.7. The van der Waals surface area contributed by atoms with Gasteiger partial charge in [0, 0.05) is 47.9 Å². The fourth-order valence-electron chi connectivity index (χ4n) is 5.35. The number of fused-ring (bicyclic) bond motifs is 1. The molecule has 0 saturated carbocycles. The lowest BCUT2D eigenvalue weighted by atomic mass is 9.74. The number of amides is 2. The minimum absolute atomic E-state index is 0.0301. The van der Waals surface area contributed by atoms with Crippen molar-refractivity contribution in [2.45, 2.75) is 30.8 Å². The van der Waals surface area contributed by atoms with Gasteiger partial charge in [0.15, 0.2) is 0 Å². The molecule has 2 amide bonds. The minimum atomic E-state index is -0.381. The van der Waals surface area contributed by atoms with E-state index >= 15 is 0 Å². The fraction of sp³-hybridized carbons (Fsp3) is 0.300. The third-order valence-corrected chi connectivity index (χ3v) is 7.15. The molecule has 6 heteroatoms. The van der Waals surface area contributed by atoms with Crippen LogP contribution in [0.4, 0.5) is 14.9 Å². The van der Waals surface area contributed by atoms with E-state index in [1.807, 2.05) is 47.4 Å². The summed E-state index contributed by atoms with van der Waals surface area (Å²) in [5, 5.41) is 13.0. The molecule has 184 valence electrons. The van der Waals surface area contributed by atoms with E-state index in [-0.39, 0.29) is 36.5 Å². The molecular weight excluding hydrogens is 453 g/mol. The van der Waals surface area contributed by atoms with Gasteiger partial charge < -0.3 is 15.3 Å². The van der Waals surface area contributed by atoms with E-state index in [2.05, 4.69) is 34.2 Å². The molecule has 5 nitrogen and oxygen atoms in total. The van der Waals surface area contributed by atoms with Gasteiger partial charge in [-0.25, -0.2) is 9.18 Å². The third kappa shape index (κ3) is 5.28. The van der Waals surface area contributed by atoms with Crippen molar-refractivity contribution in [2.24, 2.45) is 0 Å². The summed E-state index contributed by atoms with van der Waals surface area (Å²) < 4.78 is 13.6. The van der Waals surface area contributed by atoms with Gasteiger partial charge in [-0.3, -0.25) is 4.90 Å². The predicted molar refractivity (Wildman–Crippen MR) is 139 cm³/mol. The molecule has 2 fully saturated rings. The number of carbonyl (C=O) groups excluding carboxylic acids is 1. The molecular formula is C30H30FN3O2. The number of hydrogen-bond donors (Lipinski definition) is 2. The van der Waals surface area contributed by atoms with Gasteiger partial charge in [-0.1, -0.05) is 48.2 Å². The first-order chi connectivity index (χ1) is 17.6. The van der Waals surface area contributed by atoms with Crippen LogP contribution in [0, 0.1) is 17.7 Å². The van der Waals surface area contributed by atoms with E-state index in [1.54, 1.807) is 12.1 Å². The highest BCUT2D eigenvalue weighted by atomic mass is 19.1. The summed E-state index contributed by atoms with van der Waals surface area (Å²) in [4.78, 5) is 17.2. The molecule has 3 atom stereocenters. The minimum Gasteiger partial charge on any atom is -0.395 e. The Hall–Kier alpha value is -3.66. The van der Waals surface area contributed by atoms with Crippen LogP contribution in [-0.4, -0.2) is 59.3 Å². The maximum Gasteiger partial charge on any atom is 0.321 e. The highest BCUT2D eigenvalue weighted by Gasteiger charge is 2.49. The number of hydrogen-bond acceptors (Lipinski definition) is 3. The van der Waals surface area contributed by atoms with Crippen LogP contribution in [0.15, 0.2) is 78.9 Å². The Labute approximate surface area is 211 Å². The summed E-state index contributed by atoms with van der Waals surface area (Å²) in [7, 11) is 0. The Morgan fingerprint density at radius 1 is 0.944 bits per heavy atom. The zero-order chi connectivity index (χ0) is 24.9. The summed E-state index contributed by atoms with van der Waals surface area (Å²) >= 11 is 0. The van der Waals surface area contributed by atoms with E-state index in [4.69, 9.17) is 0 Å². The quantitative estimate of drug-likeness (QED) is 0.532. The van der Waals surface area contributed by atoms with Gasteiger partial charge in [-0.15, -0.1) is 0 Å². The van der Waals surface area contributed by atoms with E-state index in [0.717, 1.165) is 36.1 Å². The number of rotatable bonds is 3. The van der Waals surface area contributed by atoms with Crippen molar-refractivity contribution < 1.29 is 14.3 Å². The van der Waals surface area contributed by atoms with E-state index in [9.17, 15) is 14.3 Å². The average molecular weight is 484 g/mol. The highest BCUT2D eigenvalue weighted by molar-refractivity contribution is 5.89. The highest BCUT2D eigenvalue weighted by Crippen LogP contribution is 2.42. The van der Waals surface area contributed by atoms with Crippen molar-refractivity contribution in [3.8, 4) is 11.8 Å². The third-order valence-electron chi connectivity index (χ3n) is 7.15. The standard InChI is InChI=1S/C30H30FN3O2/c31-25-9-6-10-26(19-25)32-30(36)33-17-4-5-18-34-27(20-33)29(28(34)21-35)24-15-13-23(14-16-24)12-11-22-7-2-1-3-8-22/h1-3,6-10,13-16,19,27-29,35H,4-5,17-18,20-21H2,(H,32,36)/t27-,28+,29-/m1/s1. The van der Waals surface area contributed by atoms with Gasteiger partial charge in [-0.2, -0.15) is 0 Å². The van der Waals surface area contributed by atoms with Crippen LogP contribution >= 0.6 is 0 Å². The summed E-state index contributed by atoms with van der Waals surface area (Å²) in [6.45, 7) is 2.19. The first kappa shape index (κ1) is 24.1. The second kappa shape index (κ2) is 10.9. The van der Waals surface area contributed by atoms with Crippen LogP contribution in [0.25, 0.3) is 0 Å². The smallest absolute Gasteiger partial charge is 0.321 e. The molecule has 5 rings (SSSR count). The largest absolute Gasteiger partial charge is 0.395 e. The van der Waals surface area contributed by atoms with Crippen molar-refractivity contribution in [1.29, 1.82) is 0 Å². The lowest BCUT2D eigenvalue weighted by molar-refractivity contribution is -0.0585. The van der Waals surface area contributed by atoms with E-state index in [0.29, 0.717) is 18.8 Å². The molecule has 2 aliphatic heterocycles. The van der Waals surface area contributed by atoms with Crippen molar-refractivity contribution in [2.75, 3.05) is 31.6 Å². The van der Waals surface area contributed by atoms with Gasteiger partial charge in [0.25, 0.3) is 0 Å². The maximum absolute atomic E-state index is 13.6. The van der Waals surface area contributed by atoms with Crippen LogP contribution in [0.2, 0.25) is 0 Å². The Bertz CT molecular complexity index is 1250. The summed E-state index contributed by atoms with van der Waals surface area (Å²) in [6, 6.07) is 24.0. The lowest BCUT2D eigenvalue weighted by Gasteiger charge is -2.57. The van der Waals surface area contributed by atoms with Gasteiger partial charge in [-0.05, 0) is 67.4 Å². The molecule has 3 aromatic carbocycles. The molecule has 2 N–H and O–H groups in total. The van der Waals surface area contributed by atoms with Crippen LogP contribution < -0.4 is 5.32 Å². The number of anilines is 1. The molecule has 0 spiro atoms. The first-order valence-corrected chi connectivity index (χ1v) is 12.5.